The number of hydrogen-bond acceptors (Lipinski definition) is 5. The fraction of sp³-hybridized carbons (Fsp3) is 0.462. The van der Waals surface area contributed by atoms with Crippen LogP contribution in [0.4, 0.5) is 0 Å². The van der Waals surface area contributed by atoms with E-state index in [9.17, 15) is 0 Å². The molecule has 0 fully saturated rings. The molecule has 0 aliphatic carbocycles. The van der Waals surface area contributed by atoms with Crippen LogP contribution in [0.1, 0.15) is 12.0 Å². The van der Waals surface area contributed by atoms with Crippen molar-refractivity contribution < 1.29 is 14.2 Å². The largest absolute Gasteiger partial charge is 0.493 e. The van der Waals surface area contributed by atoms with Crippen molar-refractivity contribution in [3.63, 3.8) is 0 Å². The number of ether oxygens (including phenoxy) is 3. The van der Waals surface area contributed by atoms with Crippen molar-refractivity contribution in [2.75, 3.05) is 27.9 Å². The van der Waals surface area contributed by atoms with Crippen LogP contribution in [0.25, 0.3) is 0 Å². The zero-order valence-electron chi connectivity index (χ0n) is 10.9. The van der Waals surface area contributed by atoms with Crippen LogP contribution in [0.2, 0.25) is 0 Å². The molecule has 0 aliphatic heterocycles. The Morgan fingerprint density at radius 3 is 2.17 bits per heavy atom. The number of nitrogens with zero attached hydrogens (tertiary/aromatic N) is 1. The molecule has 98 valence electrons. The van der Waals surface area contributed by atoms with Crippen LogP contribution in [-0.2, 0) is 6.54 Å². The van der Waals surface area contributed by atoms with Gasteiger partial charge in [0, 0.05) is 19.5 Å². The maximum Gasteiger partial charge on any atom is 0.203 e. The van der Waals surface area contributed by atoms with Gasteiger partial charge < -0.3 is 19.5 Å². The third-order valence-electron chi connectivity index (χ3n) is 2.47. The first-order chi connectivity index (χ1) is 8.76. The molecule has 0 spiro atoms. The molecule has 5 nitrogen and oxygen atoms in total. The Labute approximate surface area is 107 Å². The summed E-state index contributed by atoms with van der Waals surface area (Å²) in [5.41, 5.74) is 1.02. The molecule has 0 saturated carbocycles. The summed E-state index contributed by atoms with van der Waals surface area (Å²) in [5, 5.41) is 11.6. The van der Waals surface area contributed by atoms with E-state index in [1.54, 1.807) is 21.3 Å². The second kappa shape index (κ2) is 7.41. The highest BCUT2D eigenvalue weighted by Gasteiger charge is 2.12. The van der Waals surface area contributed by atoms with Crippen molar-refractivity contribution in [1.29, 1.82) is 5.26 Å². The van der Waals surface area contributed by atoms with Crippen molar-refractivity contribution in [3.05, 3.63) is 17.7 Å². The van der Waals surface area contributed by atoms with Gasteiger partial charge in [0.15, 0.2) is 11.5 Å². The van der Waals surface area contributed by atoms with Gasteiger partial charge in [-0.25, -0.2) is 0 Å². The lowest BCUT2D eigenvalue weighted by atomic mass is 10.1. The summed E-state index contributed by atoms with van der Waals surface area (Å²) in [4.78, 5) is 0. The summed E-state index contributed by atoms with van der Waals surface area (Å²) in [5.74, 6) is 1.85. The Kier molecular flexibility index (Phi) is 5.81. The number of nitriles is 1. The lowest BCUT2D eigenvalue weighted by Gasteiger charge is -2.14. The maximum absolute atomic E-state index is 8.45. The predicted octanol–water partition coefficient (Wildman–Crippen LogP) is 1.72. The van der Waals surface area contributed by atoms with E-state index in [0.717, 1.165) is 5.56 Å². The zero-order valence-corrected chi connectivity index (χ0v) is 10.9. The fourth-order valence-electron chi connectivity index (χ4n) is 1.61. The molecule has 1 rings (SSSR count). The molecule has 0 aliphatic rings. The number of hydrogen-bond donors (Lipinski definition) is 1. The molecular formula is C13H18N2O3. The van der Waals surface area contributed by atoms with Crippen LogP contribution in [0.5, 0.6) is 17.2 Å². The summed E-state index contributed by atoms with van der Waals surface area (Å²) in [6.07, 6.45) is 0.491. The van der Waals surface area contributed by atoms with Gasteiger partial charge in [-0.15, -0.1) is 0 Å². The van der Waals surface area contributed by atoms with Crippen molar-refractivity contribution >= 4 is 0 Å². The lowest BCUT2D eigenvalue weighted by Crippen LogP contribution is -2.14. The Balaban J connectivity index is 2.83. The summed E-state index contributed by atoms with van der Waals surface area (Å²) in [6.45, 7) is 1.31. The van der Waals surface area contributed by atoms with E-state index in [0.29, 0.717) is 36.8 Å². The quantitative estimate of drug-likeness (QED) is 0.746. The number of methoxy groups -OCH3 is 3. The number of rotatable bonds is 7. The van der Waals surface area contributed by atoms with Gasteiger partial charge in [-0.05, 0) is 17.7 Å². The van der Waals surface area contributed by atoms with E-state index in [1.165, 1.54) is 0 Å². The van der Waals surface area contributed by atoms with Crippen LogP contribution >= 0.6 is 0 Å². The van der Waals surface area contributed by atoms with E-state index in [-0.39, 0.29) is 0 Å². The third-order valence-corrected chi connectivity index (χ3v) is 2.47. The van der Waals surface area contributed by atoms with Crippen molar-refractivity contribution in [2.45, 2.75) is 13.0 Å². The molecule has 1 aromatic rings. The molecule has 1 aromatic carbocycles. The van der Waals surface area contributed by atoms with Gasteiger partial charge in [0.25, 0.3) is 0 Å². The van der Waals surface area contributed by atoms with E-state index in [4.69, 9.17) is 19.5 Å². The SMILES string of the molecule is COc1cc(CNCCC#N)cc(OC)c1OC. The Morgan fingerprint density at radius 1 is 1.11 bits per heavy atom. The molecular weight excluding hydrogens is 232 g/mol. The molecule has 0 unspecified atom stereocenters. The van der Waals surface area contributed by atoms with Crippen molar-refractivity contribution in [3.8, 4) is 23.3 Å². The molecule has 0 saturated heterocycles. The lowest BCUT2D eigenvalue weighted by molar-refractivity contribution is 0.323. The Morgan fingerprint density at radius 2 is 1.72 bits per heavy atom. The van der Waals surface area contributed by atoms with Gasteiger partial charge in [0.2, 0.25) is 5.75 Å². The molecule has 0 heterocycles. The van der Waals surface area contributed by atoms with Crippen LogP contribution in [0, 0.1) is 11.3 Å². The van der Waals surface area contributed by atoms with Gasteiger partial charge in [0.05, 0.1) is 27.4 Å². The summed E-state index contributed by atoms with van der Waals surface area (Å²) >= 11 is 0. The molecule has 0 atom stereocenters. The Bertz CT molecular complexity index is 402. The number of nitrogens with one attached hydrogen (secondary N) is 1. The minimum atomic E-state index is 0.491. The first kappa shape index (κ1) is 14.1. The van der Waals surface area contributed by atoms with Gasteiger partial charge >= 0.3 is 0 Å². The van der Waals surface area contributed by atoms with Gasteiger partial charge in [-0.1, -0.05) is 0 Å². The first-order valence-corrected chi connectivity index (χ1v) is 5.63. The second-order valence-electron chi connectivity index (χ2n) is 3.62. The zero-order chi connectivity index (χ0) is 13.4. The minimum Gasteiger partial charge on any atom is -0.493 e. The normalized spacial score (nSPS) is 9.67. The van der Waals surface area contributed by atoms with E-state index >= 15 is 0 Å². The Hall–Kier alpha value is -1.93. The maximum atomic E-state index is 8.45. The molecule has 0 amide bonds. The molecule has 0 aromatic heterocycles. The molecule has 1 N–H and O–H groups in total. The predicted molar refractivity (Wildman–Crippen MR) is 68.0 cm³/mol. The van der Waals surface area contributed by atoms with Crippen molar-refractivity contribution in [1.82, 2.24) is 5.32 Å². The van der Waals surface area contributed by atoms with Gasteiger partial charge in [-0.2, -0.15) is 5.26 Å². The van der Waals surface area contributed by atoms with Crippen LogP contribution in [0.15, 0.2) is 12.1 Å². The highest BCUT2D eigenvalue weighted by molar-refractivity contribution is 5.53. The highest BCUT2D eigenvalue weighted by atomic mass is 16.5. The monoisotopic (exact) mass is 250 g/mol. The summed E-state index contributed by atoms with van der Waals surface area (Å²) in [6, 6.07) is 5.86. The van der Waals surface area contributed by atoms with Crippen LogP contribution < -0.4 is 19.5 Å². The second-order valence-corrected chi connectivity index (χ2v) is 3.62. The molecule has 5 heteroatoms. The van der Waals surface area contributed by atoms with Crippen LogP contribution in [-0.4, -0.2) is 27.9 Å². The average molecular weight is 250 g/mol. The first-order valence-electron chi connectivity index (χ1n) is 5.63. The third kappa shape index (κ3) is 3.54. The van der Waals surface area contributed by atoms with Crippen molar-refractivity contribution in [2.24, 2.45) is 0 Å². The number of benzene rings is 1. The minimum absolute atomic E-state index is 0.491. The summed E-state index contributed by atoms with van der Waals surface area (Å²) in [7, 11) is 4.75. The van der Waals surface area contributed by atoms with Gasteiger partial charge in [-0.3, -0.25) is 0 Å². The smallest absolute Gasteiger partial charge is 0.203 e. The molecule has 0 bridgehead atoms. The average Bonchev–Trinajstić information content (AvgIpc) is 2.42. The topological polar surface area (TPSA) is 63.5 Å². The highest BCUT2D eigenvalue weighted by Crippen LogP contribution is 2.38. The van der Waals surface area contributed by atoms with E-state index < -0.39 is 0 Å². The van der Waals surface area contributed by atoms with Gasteiger partial charge in [0.1, 0.15) is 0 Å². The summed E-state index contributed by atoms with van der Waals surface area (Å²) < 4.78 is 15.8. The van der Waals surface area contributed by atoms with E-state index in [2.05, 4.69) is 11.4 Å². The standard InChI is InChI=1S/C13H18N2O3/c1-16-11-7-10(9-15-6-4-5-14)8-12(17-2)13(11)18-3/h7-8,15H,4,6,9H2,1-3H3. The molecule has 0 radical (unpaired) electrons. The van der Waals surface area contributed by atoms with Crippen LogP contribution in [0.3, 0.4) is 0 Å². The molecule has 18 heavy (non-hydrogen) atoms. The fourth-order valence-corrected chi connectivity index (χ4v) is 1.61. The van der Waals surface area contributed by atoms with E-state index in [1.807, 2.05) is 12.1 Å².